The molecule has 2 rings (SSSR count). The van der Waals surface area contributed by atoms with Crippen LogP contribution in [0.3, 0.4) is 0 Å². The molecular formula is C13H14BrN3O2S. The van der Waals surface area contributed by atoms with Crippen LogP contribution in [0.1, 0.15) is 17.5 Å². The topological polar surface area (TPSA) is 64.1 Å². The van der Waals surface area contributed by atoms with Crippen LogP contribution < -0.4 is 10.1 Å². The molecule has 1 aromatic carbocycles. The minimum Gasteiger partial charge on any atom is -0.480 e. The summed E-state index contributed by atoms with van der Waals surface area (Å²) < 4.78 is 6.46. The molecule has 20 heavy (non-hydrogen) atoms. The molecule has 106 valence electrons. The van der Waals surface area contributed by atoms with Crippen LogP contribution in [-0.4, -0.2) is 22.2 Å². The van der Waals surface area contributed by atoms with Crippen LogP contribution in [0.25, 0.3) is 0 Å². The van der Waals surface area contributed by atoms with Gasteiger partial charge >= 0.3 is 0 Å². The van der Waals surface area contributed by atoms with Crippen LogP contribution in [0.4, 0.5) is 5.13 Å². The molecule has 1 amide bonds. The Kier molecular flexibility index (Phi) is 4.72. The lowest BCUT2D eigenvalue weighted by atomic mass is 10.2. The number of carbonyl (C=O) groups excluding carboxylic acids is 1. The van der Waals surface area contributed by atoms with Crippen molar-refractivity contribution in [3.8, 4) is 5.75 Å². The van der Waals surface area contributed by atoms with Crippen molar-refractivity contribution in [1.82, 2.24) is 10.2 Å². The Balaban J connectivity index is 2.00. The number of aryl methyl sites for hydroxylation is 2. The first-order valence-corrected chi connectivity index (χ1v) is 7.60. The Bertz CT molecular complexity index is 630. The van der Waals surface area contributed by atoms with Gasteiger partial charge in [0.05, 0.1) is 4.47 Å². The molecule has 1 atom stereocenters. The van der Waals surface area contributed by atoms with E-state index in [4.69, 9.17) is 4.74 Å². The number of halogens is 1. The zero-order valence-electron chi connectivity index (χ0n) is 11.3. The molecule has 2 aromatic rings. The summed E-state index contributed by atoms with van der Waals surface area (Å²) in [6.07, 6.45) is -0.627. The first-order chi connectivity index (χ1) is 9.45. The van der Waals surface area contributed by atoms with Gasteiger partial charge in [-0.2, -0.15) is 0 Å². The number of ether oxygens (including phenoxy) is 1. The number of benzene rings is 1. The van der Waals surface area contributed by atoms with Crippen molar-refractivity contribution in [1.29, 1.82) is 0 Å². The molecule has 0 spiro atoms. The maximum Gasteiger partial charge on any atom is 0.266 e. The van der Waals surface area contributed by atoms with E-state index in [1.807, 2.05) is 32.0 Å². The van der Waals surface area contributed by atoms with Crippen molar-refractivity contribution in [3.63, 3.8) is 0 Å². The number of aromatic nitrogens is 2. The van der Waals surface area contributed by atoms with Crippen LogP contribution in [0.15, 0.2) is 22.7 Å². The molecule has 1 unspecified atom stereocenters. The van der Waals surface area contributed by atoms with E-state index in [0.717, 1.165) is 15.0 Å². The van der Waals surface area contributed by atoms with E-state index in [1.165, 1.54) is 11.3 Å². The van der Waals surface area contributed by atoms with Gasteiger partial charge in [0.25, 0.3) is 5.91 Å². The lowest BCUT2D eigenvalue weighted by Gasteiger charge is -2.15. The largest absolute Gasteiger partial charge is 0.480 e. The zero-order chi connectivity index (χ0) is 14.7. The summed E-state index contributed by atoms with van der Waals surface area (Å²) in [5.74, 6) is 0.375. The van der Waals surface area contributed by atoms with Gasteiger partial charge in [-0.3, -0.25) is 10.1 Å². The highest BCUT2D eigenvalue weighted by Gasteiger charge is 2.17. The van der Waals surface area contributed by atoms with Crippen LogP contribution in [0.2, 0.25) is 0 Å². The van der Waals surface area contributed by atoms with Gasteiger partial charge in [0, 0.05) is 0 Å². The molecule has 5 nitrogen and oxygen atoms in total. The second-order valence-electron chi connectivity index (χ2n) is 4.31. The van der Waals surface area contributed by atoms with E-state index in [2.05, 4.69) is 31.4 Å². The van der Waals surface area contributed by atoms with Crippen LogP contribution in [0.5, 0.6) is 5.75 Å². The molecule has 0 aliphatic rings. The summed E-state index contributed by atoms with van der Waals surface area (Å²) >= 11 is 4.74. The van der Waals surface area contributed by atoms with Gasteiger partial charge in [-0.05, 0) is 54.4 Å². The third kappa shape index (κ3) is 3.77. The Hall–Kier alpha value is -1.47. The van der Waals surface area contributed by atoms with E-state index in [9.17, 15) is 4.79 Å². The van der Waals surface area contributed by atoms with Crippen molar-refractivity contribution in [2.24, 2.45) is 0 Å². The van der Waals surface area contributed by atoms with Gasteiger partial charge in [0.15, 0.2) is 6.10 Å². The lowest BCUT2D eigenvalue weighted by molar-refractivity contribution is -0.122. The summed E-state index contributed by atoms with van der Waals surface area (Å²) in [5, 5.41) is 11.6. The molecule has 0 bridgehead atoms. The predicted molar refractivity (Wildman–Crippen MR) is 82.2 cm³/mol. The minimum atomic E-state index is -0.627. The lowest BCUT2D eigenvalue weighted by Crippen LogP contribution is -2.30. The minimum absolute atomic E-state index is 0.256. The Morgan fingerprint density at radius 2 is 2.15 bits per heavy atom. The molecule has 1 N–H and O–H groups in total. The summed E-state index contributed by atoms with van der Waals surface area (Å²) in [6, 6.07) is 5.70. The van der Waals surface area contributed by atoms with E-state index in [-0.39, 0.29) is 5.91 Å². The fraction of sp³-hybridized carbons (Fsp3) is 0.308. The first kappa shape index (κ1) is 14.9. The van der Waals surface area contributed by atoms with Crippen molar-refractivity contribution >= 4 is 38.3 Å². The number of carbonyl (C=O) groups is 1. The zero-order valence-corrected chi connectivity index (χ0v) is 13.7. The predicted octanol–water partition coefficient (Wildman–Crippen LogP) is 3.32. The molecule has 0 saturated heterocycles. The fourth-order valence-electron chi connectivity index (χ4n) is 1.50. The van der Waals surface area contributed by atoms with Crippen molar-refractivity contribution in [3.05, 3.63) is 33.2 Å². The second kappa shape index (κ2) is 6.32. The number of nitrogens with zero attached hydrogens (tertiary/aromatic N) is 2. The molecule has 0 radical (unpaired) electrons. The molecule has 7 heteroatoms. The second-order valence-corrected chi connectivity index (χ2v) is 6.35. The Morgan fingerprint density at radius 3 is 2.75 bits per heavy atom. The number of nitrogens with one attached hydrogen (secondary N) is 1. The van der Waals surface area contributed by atoms with Crippen molar-refractivity contribution < 1.29 is 9.53 Å². The van der Waals surface area contributed by atoms with E-state index in [1.54, 1.807) is 6.92 Å². The number of anilines is 1. The van der Waals surface area contributed by atoms with Crippen molar-refractivity contribution in [2.75, 3.05) is 5.32 Å². The Labute approximate surface area is 129 Å². The molecule has 0 aliphatic carbocycles. The van der Waals surface area contributed by atoms with E-state index in [0.29, 0.717) is 10.9 Å². The Morgan fingerprint density at radius 1 is 1.40 bits per heavy atom. The maximum absolute atomic E-state index is 12.0. The summed E-state index contributed by atoms with van der Waals surface area (Å²) in [6.45, 7) is 5.51. The van der Waals surface area contributed by atoms with Crippen LogP contribution >= 0.6 is 27.3 Å². The maximum atomic E-state index is 12.0. The SMILES string of the molecule is Cc1ccc(OC(C)C(=O)Nc2nnc(C)s2)c(Br)c1. The molecule has 0 fully saturated rings. The molecular weight excluding hydrogens is 342 g/mol. The number of amides is 1. The smallest absolute Gasteiger partial charge is 0.266 e. The third-order valence-corrected chi connectivity index (χ3v) is 3.89. The average molecular weight is 356 g/mol. The summed E-state index contributed by atoms with van der Waals surface area (Å²) in [4.78, 5) is 12.0. The van der Waals surface area contributed by atoms with Crippen LogP contribution in [-0.2, 0) is 4.79 Å². The molecule has 0 saturated carbocycles. The quantitative estimate of drug-likeness (QED) is 0.913. The summed E-state index contributed by atoms with van der Waals surface area (Å²) in [5.41, 5.74) is 1.12. The summed E-state index contributed by atoms with van der Waals surface area (Å²) in [7, 11) is 0. The van der Waals surface area contributed by atoms with Gasteiger partial charge in [-0.15, -0.1) is 10.2 Å². The van der Waals surface area contributed by atoms with E-state index < -0.39 is 6.10 Å². The average Bonchev–Trinajstić information content (AvgIpc) is 2.78. The van der Waals surface area contributed by atoms with E-state index >= 15 is 0 Å². The normalized spacial score (nSPS) is 12.0. The van der Waals surface area contributed by atoms with Crippen molar-refractivity contribution in [2.45, 2.75) is 26.9 Å². The van der Waals surface area contributed by atoms with Crippen LogP contribution in [0, 0.1) is 13.8 Å². The van der Waals surface area contributed by atoms with Gasteiger partial charge < -0.3 is 4.74 Å². The van der Waals surface area contributed by atoms with Gasteiger partial charge in [0.2, 0.25) is 5.13 Å². The number of rotatable bonds is 4. The van der Waals surface area contributed by atoms with Gasteiger partial charge in [0.1, 0.15) is 10.8 Å². The highest BCUT2D eigenvalue weighted by atomic mass is 79.9. The fourth-order valence-corrected chi connectivity index (χ4v) is 2.68. The standard InChI is InChI=1S/C13H14BrN3O2S/c1-7-4-5-11(10(14)6-7)19-8(2)12(18)15-13-17-16-9(3)20-13/h4-6,8H,1-3H3,(H,15,17,18). The van der Waals surface area contributed by atoms with Gasteiger partial charge in [-0.1, -0.05) is 17.4 Å². The highest BCUT2D eigenvalue weighted by molar-refractivity contribution is 9.10. The number of hydrogen-bond acceptors (Lipinski definition) is 5. The molecule has 1 heterocycles. The van der Waals surface area contributed by atoms with Gasteiger partial charge in [-0.25, -0.2) is 0 Å². The first-order valence-electron chi connectivity index (χ1n) is 5.99. The molecule has 1 aromatic heterocycles. The number of hydrogen-bond donors (Lipinski definition) is 1. The highest BCUT2D eigenvalue weighted by Crippen LogP contribution is 2.27. The molecule has 0 aliphatic heterocycles. The monoisotopic (exact) mass is 355 g/mol. The third-order valence-electron chi connectivity index (χ3n) is 2.52.